The summed E-state index contributed by atoms with van der Waals surface area (Å²) in [5.41, 5.74) is 1.23. The summed E-state index contributed by atoms with van der Waals surface area (Å²) in [5, 5.41) is 20.4. The molecular weight excluding hydrogens is 410 g/mol. The van der Waals surface area contributed by atoms with E-state index in [4.69, 9.17) is 0 Å². The lowest BCUT2D eigenvalue weighted by molar-refractivity contribution is -0.385. The van der Waals surface area contributed by atoms with Crippen molar-refractivity contribution in [1.82, 2.24) is 9.21 Å². The van der Waals surface area contributed by atoms with Gasteiger partial charge in [-0.3, -0.25) is 19.8 Å². The number of halogens is 1. The van der Waals surface area contributed by atoms with Crippen LogP contribution in [0.15, 0.2) is 18.2 Å². The van der Waals surface area contributed by atoms with E-state index in [1.165, 1.54) is 10.4 Å². The summed E-state index contributed by atoms with van der Waals surface area (Å²) in [6.45, 7) is 4.03. The van der Waals surface area contributed by atoms with Crippen molar-refractivity contribution < 1.29 is 23.2 Å². The quantitative estimate of drug-likeness (QED) is 0.489. The highest BCUT2D eigenvalue weighted by molar-refractivity contribution is 7.89. The van der Waals surface area contributed by atoms with Gasteiger partial charge in [-0.05, 0) is 32.3 Å². The molecule has 1 aliphatic heterocycles. The lowest BCUT2D eigenvalue weighted by Gasteiger charge is -2.37. The number of hydrogen-bond acceptors (Lipinski definition) is 6. The zero-order valence-electron chi connectivity index (χ0n) is 15.9. The van der Waals surface area contributed by atoms with Crippen molar-refractivity contribution in [2.45, 2.75) is 39.3 Å². The number of carboxylic acid groups (broad SMARTS) is 1. The van der Waals surface area contributed by atoms with Crippen LogP contribution in [0.5, 0.6) is 0 Å². The van der Waals surface area contributed by atoms with Crippen LogP contribution in [-0.2, 0) is 21.4 Å². The Morgan fingerprint density at radius 3 is 2.46 bits per heavy atom. The van der Waals surface area contributed by atoms with Crippen LogP contribution in [0.25, 0.3) is 0 Å². The summed E-state index contributed by atoms with van der Waals surface area (Å²) in [6, 6.07) is 4.68. The van der Waals surface area contributed by atoms with E-state index in [2.05, 4.69) is 0 Å². The molecule has 0 amide bonds. The van der Waals surface area contributed by atoms with E-state index >= 15 is 0 Å². The van der Waals surface area contributed by atoms with Gasteiger partial charge in [0.2, 0.25) is 10.0 Å². The Labute approximate surface area is 170 Å². The molecule has 0 aromatic heterocycles. The predicted molar refractivity (Wildman–Crippen MR) is 107 cm³/mol. The van der Waals surface area contributed by atoms with Gasteiger partial charge in [-0.15, -0.1) is 12.4 Å². The number of piperidine rings is 1. The molecule has 1 aliphatic rings. The first-order chi connectivity index (χ1) is 12.7. The van der Waals surface area contributed by atoms with Gasteiger partial charge >= 0.3 is 5.97 Å². The highest BCUT2D eigenvalue weighted by Crippen LogP contribution is 2.25. The van der Waals surface area contributed by atoms with Gasteiger partial charge in [0.25, 0.3) is 5.69 Å². The SMILES string of the molecule is CCS(=O)(=O)N1CCC(N(CC(=O)O)Cc2cccc([N+](=O)[O-])c2C)CC1.Cl. The zero-order valence-corrected chi connectivity index (χ0v) is 17.5. The Kier molecular flexibility index (Phi) is 8.80. The molecule has 1 aromatic carbocycles. The summed E-state index contributed by atoms with van der Waals surface area (Å²) in [5.74, 6) is -0.940. The van der Waals surface area contributed by atoms with E-state index in [1.54, 1.807) is 30.9 Å². The van der Waals surface area contributed by atoms with E-state index in [9.17, 15) is 28.4 Å². The standard InChI is InChI=1S/C17H25N3O6S.ClH/c1-3-27(25,26)19-9-7-15(8-10-19)18(12-17(21)22)11-14-5-4-6-16(13(14)2)20(23)24;/h4-6,15H,3,7-12H2,1-2H3,(H,21,22);1H. The number of hydrogen-bond donors (Lipinski definition) is 1. The summed E-state index contributed by atoms with van der Waals surface area (Å²) < 4.78 is 25.4. The minimum absolute atomic E-state index is 0. The molecule has 0 saturated carbocycles. The fourth-order valence-electron chi connectivity index (χ4n) is 3.41. The molecule has 28 heavy (non-hydrogen) atoms. The maximum atomic E-state index is 12.0. The molecule has 1 fully saturated rings. The average molecular weight is 436 g/mol. The topological polar surface area (TPSA) is 121 Å². The van der Waals surface area contributed by atoms with Crippen LogP contribution >= 0.6 is 12.4 Å². The van der Waals surface area contributed by atoms with Crippen molar-refractivity contribution in [2.24, 2.45) is 0 Å². The smallest absolute Gasteiger partial charge is 0.317 e. The number of nitro groups is 1. The predicted octanol–water partition coefficient (Wildman–Crippen LogP) is 2.03. The molecule has 0 radical (unpaired) electrons. The third kappa shape index (κ3) is 5.87. The normalized spacial score (nSPS) is 16.0. The summed E-state index contributed by atoms with van der Waals surface area (Å²) in [6.07, 6.45) is 1.06. The fraction of sp³-hybridized carbons (Fsp3) is 0.588. The molecule has 2 rings (SSSR count). The molecule has 1 saturated heterocycles. The number of rotatable bonds is 8. The van der Waals surface area contributed by atoms with Crippen molar-refractivity contribution in [3.05, 3.63) is 39.4 Å². The highest BCUT2D eigenvalue weighted by Gasteiger charge is 2.31. The largest absolute Gasteiger partial charge is 0.480 e. The first-order valence-electron chi connectivity index (χ1n) is 8.82. The molecule has 0 bridgehead atoms. The lowest BCUT2D eigenvalue weighted by Crippen LogP contribution is -2.48. The molecule has 1 N–H and O–H groups in total. The Morgan fingerprint density at radius 1 is 1.36 bits per heavy atom. The van der Waals surface area contributed by atoms with Gasteiger partial charge in [-0.1, -0.05) is 12.1 Å². The first-order valence-corrected chi connectivity index (χ1v) is 10.4. The molecule has 11 heteroatoms. The maximum absolute atomic E-state index is 12.0. The van der Waals surface area contributed by atoms with Gasteiger partial charge < -0.3 is 5.11 Å². The number of carboxylic acids is 1. The van der Waals surface area contributed by atoms with Crippen molar-refractivity contribution in [3.8, 4) is 0 Å². The van der Waals surface area contributed by atoms with Crippen LogP contribution in [0.1, 0.15) is 30.9 Å². The number of sulfonamides is 1. The van der Waals surface area contributed by atoms with Gasteiger partial charge in [0, 0.05) is 37.3 Å². The van der Waals surface area contributed by atoms with Gasteiger partial charge in [0.1, 0.15) is 0 Å². The van der Waals surface area contributed by atoms with E-state index in [0.717, 1.165) is 0 Å². The number of nitro benzene ring substituents is 1. The molecule has 1 heterocycles. The van der Waals surface area contributed by atoms with Crippen molar-refractivity contribution >= 4 is 34.1 Å². The van der Waals surface area contributed by atoms with E-state index in [0.29, 0.717) is 37.1 Å². The van der Waals surface area contributed by atoms with Crippen molar-refractivity contribution in [2.75, 3.05) is 25.4 Å². The Balaban J connectivity index is 0.00000392. The zero-order chi connectivity index (χ0) is 20.2. The molecule has 0 spiro atoms. The highest BCUT2D eigenvalue weighted by atomic mass is 35.5. The third-order valence-electron chi connectivity index (χ3n) is 5.02. The second kappa shape index (κ2) is 10.1. The number of nitrogens with zero attached hydrogens (tertiary/aromatic N) is 3. The van der Waals surface area contributed by atoms with Crippen LogP contribution in [0.4, 0.5) is 5.69 Å². The Hall–Kier alpha value is -1.75. The molecule has 9 nitrogen and oxygen atoms in total. The van der Waals surface area contributed by atoms with E-state index in [1.807, 2.05) is 0 Å². The van der Waals surface area contributed by atoms with E-state index in [-0.39, 0.29) is 43.0 Å². The molecule has 0 unspecified atom stereocenters. The lowest BCUT2D eigenvalue weighted by atomic mass is 10.0. The second-order valence-corrected chi connectivity index (χ2v) is 8.91. The third-order valence-corrected chi connectivity index (χ3v) is 6.91. The van der Waals surface area contributed by atoms with Crippen LogP contribution in [0.3, 0.4) is 0 Å². The van der Waals surface area contributed by atoms with Crippen molar-refractivity contribution in [1.29, 1.82) is 0 Å². The van der Waals surface area contributed by atoms with E-state index < -0.39 is 20.9 Å². The number of benzene rings is 1. The molecule has 1 aromatic rings. The summed E-state index contributed by atoms with van der Waals surface area (Å²) >= 11 is 0. The maximum Gasteiger partial charge on any atom is 0.317 e. The monoisotopic (exact) mass is 435 g/mol. The summed E-state index contributed by atoms with van der Waals surface area (Å²) in [7, 11) is -3.25. The van der Waals surface area contributed by atoms with Gasteiger partial charge in [-0.25, -0.2) is 12.7 Å². The molecular formula is C17H26ClN3O6S. The van der Waals surface area contributed by atoms with Crippen molar-refractivity contribution in [3.63, 3.8) is 0 Å². The molecule has 0 aliphatic carbocycles. The molecule has 158 valence electrons. The van der Waals surface area contributed by atoms with Gasteiger partial charge in [0.15, 0.2) is 0 Å². The van der Waals surface area contributed by atoms with Crippen LogP contribution in [0, 0.1) is 17.0 Å². The fourth-order valence-corrected chi connectivity index (χ4v) is 4.55. The first kappa shape index (κ1) is 24.3. The minimum Gasteiger partial charge on any atom is -0.480 e. The van der Waals surface area contributed by atoms with Crippen LogP contribution in [-0.4, -0.2) is 65.1 Å². The molecule has 0 atom stereocenters. The van der Waals surface area contributed by atoms with Crippen LogP contribution < -0.4 is 0 Å². The minimum atomic E-state index is -3.25. The summed E-state index contributed by atoms with van der Waals surface area (Å²) in [4.78, 5) is 23.8. The second-order valence-electron chi connectivity index (χ2n) is 6.65. The van der Waals surface area contributed by atoms with Gasteiger partial charge in [-0.2, -0.15) is 0 Å². The average Bonchev–Trinajstić information content (AvgIpc) is 2.62. The van der Waals surface area contributed by atoms with Gasteiger partial charge in [0.05, 0.1) is 17.2 Å². The van der Waals surface area contributed by atoms with Crippen LogP contribution in [0.2, 0.25) is 0 Å². The Bertz CT molecular complexity index is 809. The Morgan fingerprint density at radius 2 is 1.96 bits per heavy atom. The number of carbonyl (C=O) groups is 1. The number of aliphatic carboxylic acids is 1.